The van der Waals surface area contributed by atoms with Crippen molar-refractivity contribution in [2.24, 2.45) is 0 Å². The molecule has 0 saturated carbocycles. The number of hydrogen-bond donors (Lipinski definition) is 1. The number of rotatable bonds is 5. The van der Waals surface area contributed by atoms with E-state index in [0.717, 1.165) is 23.2 Å². The summed E-state index contributed by atoms with van der Waals surface area (Å²) < 4.78 is 26.6. The Labute approximate surface area is 140 Å². The molecule has 1 aliphatic heterocycles. The number of β-amino-alcohol motifs (C(OH)–C–C–N with tert-alkyl or cyclic N) is 1. The van der Waals surface area contributed by atoms with Crippen molar-refractivity contribution in [3.8, 4) is 0 Å². The third-order valence-corrected chi connectivity index (χ3v) is 4.11. The zero-order chi connectivity index (χ0) is 16.9. The molecule has 0 spiro atoms. The van der Waals surface area contributed by atoms with E-state index in [-0.39, 0.29) is 24.2 Å². The lowest BCUT2D eigenvalue weighted by molar-refractivity contribution is 0.244. The molecule has 0 aromatic heterocycles. The van der Waals surface area contributed by atoms with Gasteiger partial charge in [0.15, 0.2) is 0 Å². The fourth-order valence-electron chi connectivity index (χ4n) is 2.97. The normalized spacial score (nSPS) is 14.2. The third kappa shape index (κ3) is 3.71. The van der Waals surface area contributed by atoms with Crippen molar-refractivity contribution in [3.05, 3.63) is 95.2 Å². The molecule has 0 atom stereocenters. The molecule has 0 saturated heterocycles. The van der Waals surface area contributed by atoms with Gasteiger partial charge in [-0.3, -0.25) is 0 Å². The number of halogens is 2. The molecule has 0 bridgehead atoms. The second kappa shape index (κ2) is 7.41. The van der Waals surface area contributed by atoms with Crippen molar-refractivity contribution >= 4 is 0 Å². The van der Waals surface area contributed by atoms with Gasteiger partial charge in [0.05, 0.1) is 6.61 Å². The highest BCUT2D eigenvalue weighted by Crippen LogP contribution is 2.34. The first-order valence-electron chi connectivity index (χ1n) is 7.91. The maximum atomic E-state index is 13.3. The Morgan fingerprint density at radius 2 is 1.46 bits per heavy atom. The van der Waals surface area contributed by atoms with Crippen molar-refractivity contribution in [1.82, 2.24) is 4.90 Å². The van der Waals surface area contributed by atoms with Crippen molar-refractivity contribution < 1.29 is 13.9 Å². The zero-order valence-corrected chi connectivity index (χ0v) is 13.2. The van der Waals surface area contributed by atoms with E-state index in [4.69, 9.17) is 5.11 Å². The largest absolute Gasteiger partial charge is 0.395 e. The highest BCUT2D eigenvalue weighted by Gasteiger charge is 2.20. The predicted octanol–water partition coefficient (Wildman–Crippen LogP) is 3.84. The van der Waals surface area contributed by atoms with Crippen LogP contribution in [-0.2, 0) is 0 Å². The molecule has 2 aromatic rings. The van der Waals surface area contributed by atoms with Crippen LogP contribution >= 0.6 is 0 Å². The number of hydrogen-bond acceptors (Lipinski definition) is 2. The summed E-state index contributed by atoms with van der Waals surface area (Å²) in [6.07, 6.45) is 6.07. The molecule has 2 nitrogen and oxygen atoms in total. The number of nitrogens with zero attached hydrogens (tertiary/aromatic N) is 1. The average Bonchev–Trinajstić information content (AvgIpc) is 2.59. The van der Waals surface area contributed by atoms with Crippen molar-refractivity contribution in [2.45, 2.75) is 5.92 Å². The van der Waals surface area contributed by atoms with Gasteiger partial charge >= 0.3 is 0 Å². The molecule has 0 aliphatic carbocycles. The monoisotopic (exact) mass is 327 g/mol. The lowest BCUT2D eigenvalue weighted by Gasteiger charge is -2.27. The van der Waals surface area contributed by atoms with Crippen molar-refractivity contribution in [3.63, 3.8) is 0 Å². The number of aliphatic hydroxyl groups excluding tert-OH is 1. The summed E-state index contributed by atoms with van der Waals surface area (Å²) in [6, 6.07) is 12.8. The summed E-state index contributed by atoms with van der Waals surface area (Å²) in [6.45, 7) is 1.37. The topological polar surface area (TPSA) is 23.5 Å². The lowest BCUT2D eigenvalue weighted by Crippen LogP contribution is -2.24. The van der Waals surface area contributed by atoms with Gasteiger partial charge in [-0.2, -0.15) is 0 Å². The molecule has 4 heteroatoms. The van der Waals surface area contributed by atoms with E-state index in [2.05, 4.69) is 0 Å². The number of benzene rings is 2. The van der Waals surface area contributed by atoms with Crippen LogP contribution in [0.1, 0.15) is 17.0 Å². The molecule has 0 radical (unpaired) electrons. The summed E-state index contributed by atoms with van der Waals surface area (Å²) >= 11 is 0. The molecule has 0 unspecified atom stereocenters. The van der Waals surface area contributed by atoms with Gasteiger partial charge in [-0.25, -0.2) is 8.78 Å². The van der Waals surface area contributed by atoms with Gasteiger partial charge in [0, 0.05) is 25.2 Å². The summed E-state index contributed by atoms with van der Waals surface area (Å²) in [5.41, 5.74) is 2.89. The Balaban J connectivity index is 2.03. The molecule has 24 heavy (non-hydrogen) atoms. The van der Waals surface area contributed by atoms with E-state index in [1.165, 1.54) is 24.3 Å². The minimum Gasteiger partial charge on any atom is -0.395 e. The lowest BCUT2D eigenvalue weighted by atomic mass is 9.84. The fourth-order valence-corrected chi connectivity index (χ4v) is 2.97. The van der Waals surface area contributed by atoms with Crippen LogP contribution in [0, 0.1) is 11.6 Å². The summed E-state index contributed by atoms with van der Waals surface area (Å²) in [4.78, 5) is 2.02. The Hall–Kier alpha value is -2.46. The van der Waals surface area contributed by atoms with E-state index in [0.29, 0.717) is 6.54 Å². The minimum absolute atomic E-state index is 0.0788. The maximum absolute atomic E-state index is 13.3. The van der Waals surface area contributed by atoms with Gasteiger partial charge in [-0.15, -0.1) is 0 Å². The van der Waals surface area contributed by atoms with E-state index in [9.17, 15) is 8.78 Å². The smallest absolute Gasteiger partial charge is 0.123 e. The molecule has 1 aliphatic rings. The first-order chi connectivity index (χ1) is 11.7. The molecule has 1 heterocycles. The van der Waals surface area contributed by atoms with Gasteiger partial charge in [0.25, 0.3) is 0 Å². The van der Waals surface area contributed by atoms with E-state index in [1.807, 2.05) is 23.3 Å². The SMILES string of the molecule is OCCN1C=C(C(c2ccc(F)cc2)c2ccc(F)cc2)C=CC1. The van der Waals surface area contributed by atoms with Gasteiger partial charge in [-0.05, 0) is 41.0 Å². The van der Waals surface area contributed by atoms with Crippen molar-refractivity contribution in [2.75, 3.05) is 19.7 Å². The van der Waals surface area contributed by atoms with Crippen LogP contribution in [0.4, 0.5) is 8.78 Å². The number of aliphatic hydroxyl groups is 1. The summed E-state index contributed by atoms with van der Waals surface area (Å²) in [5.74, 6) is -0.692. The standard InChI is InChI=1S/C20H19F2NO/c21-18-7-3-15(4-8-18)20(16-5-9-19(22)10-6-16)17-2-1-11-23(14-17)12-13-24/h1-10,14,20,24H,11-13H2. The van der Waals surface area contributed by atoms with E-state index >= 15 is 0 Å². The van der Waals surface area contributed by atoms with Crippen LogP contribution in [0.5, 0.6) is 0 Å². The maximum Gasteiger partial charge on any atom is 0.123 e. The molecule has 0 amide bonds. The van der Waals surface area contributed by atoms with Crippen molar-refractivity contribution in [1.29, 1.82) is 0 Å². The Bertz CT molecular complexity index is 690. The summed E-state index contributed by atoms with van der Waals surface area (Å²) in [7, 11) is 0. The van der Waals surface area contributed by atoms with Gasteiger partial charge in [0.2, 0.25) is 0 Å². The molecular formula is C20H19F2NO. The van der Waals surface area contributed by atoms with E-state index < -0.39 is 0 Å². The molecule has 124 valence electrons. The minimum atomic E-state index is -0.285. The third-order valence-electron chi connectivity index (χ3n) is 4.11. The van der Waals surface area contributed by atoms with Crippen LogP contribution < -0.4 is 0 Å². The number of allylic oxidation sites excluding steroid dienone is 2. The van der Waals surface area contributed by atoms with Gasteiger partial charge < -0.3 is 10.0 Å². The average molecular weight is 327 g/mol. The predicted molar refractivity (Wildman–Crippen MR) is 90.5 cm³/mol. The van der Waals surface area contributed by atoms with Crippen LogP contribution in [0.3, 0.4) is 0 Å². The molecular weight excluding hydrogens is 308 g/mol. The first-order valence-corrected chi connectivity index (χ1v) is 7.91. The van der Waals surface area contributed by atoms with Gasteiger partial charge in [0.1, 0.15) is 11.6 Å². The first kappa shape index (κ1) is 16.4. The van der Waals surface area contributed by atoms with E-state index in [1.54, 1.807) is 24.3 Å². The summed E-state index contributed by atoms with van der Waals surface area (Å²) in [5, 5.41) is 9.16. The van der Waals surface area contributed by atoms with Gasteiger partial charge in [-0.1, -0.05) is 36.4 Å². The van der Waals surface area contributed by atoms with Crippen LogP contribution in [0.2, 0.25) is 0 Å². The van der Waals surface area contributed by atoms with Crippen LogP contribution in [0.15, 0.2) is 72.5 Å². The molecule has 3 rings (SSSR count). The second-order valence-electron chi connectivity index (χ2n) is 5.79. The molecule has 0 fully saturated rings. The van der Waals surface area contributed by atoms with Crippen LogP contribution in [-0.4, -0.2) is 29.7 Å². The second-order valence-corrected chi connectivity index (χ2v) is 5.79. The van der Waals surface area contributed by atoms with Crippen LogP contribution in [0.25, 0.3) is 0 Å². The Kier molecular flexibility index (Phi) is 5.06. The molecule has 1 N–H and O–H groups in total. The highest BCUT2D eigenvalue weighted by molar-refractivity contribution is 5.45. The Morgan fingerprint density at radius 3 is 1.96 bits per heavy atom. The highest BCUT2D eigenvalue weighted by atomic mass is 19.1. The zero-order valence-electron chi connectivity index (χ0n) is 13.2. The fraction of sp³-hybridized carbons (Fsp3) is 0.200. The Morgan fingerprint density at radius 1 is 0.917 bits per heavy atom. The quantitative estimate of drug-likeness (QED) is 0.902. The molecule has 2 aromatic carbocycles.